The Bertz CT molecular complexity index is 731. The van der Waals surface area contributed by atoms with Crippen LogP contribution in [-0.4, -0.2) is 76.4 Å². The van der Waals surface area contributed by atoms with Crippen molar-refractivity contribution in [1.82, 2.24) is 9.80 Å². The van der Waals surface area contributed by atoms with Gasteiger partial charge in [-0.25, -0.2) is 4.79 Å². The van der Waals surface area contributed by atoms with Crippen molar-refractivity contribution >= 4 is 17.6 Å². The van der Waals surface area contributed by atoms with Crippen LogP contribution in [0.2, 0.25) is 0 Å². The first-order valence-corrected chi connectivity index (χ1v) is 9.47. The Labute approximate surface area is 165 Å². The van der Waals surface area contributed by atoms with Crippen LogP contribution in [0.4, 0.5) is 10.5 Å². The first kappa shape index (κ1) is 20.3. The van der Waals surface area contributed by atoms with E-state index in [0.29, 0.717) is 43.5 Å². The molecule has 1 aromatic rings. The maximum absolute atomic E-state index is 13.0. The van der Waals surface area contributed by atoms with Gasteiger partial charge >= 0.3 is 6.03 Å². The lowest BCUT2D eigenvalue weighted by Crippen LogP contribution is -2.44. The van der Waals surface area contributed by atoms with Gasteiger partial charge < -0.3 is 29.3 Å². The van der Waals surface area contributed by atoms with Crippen LogP contribution in [0.25, 0.3) is 0 Å². The number of nitrogens with zero attached hydrogens (tertiary/aromatic N) is 2. The molecule has 28 heavy (non-hydrogen) atoms. The fourth-order valence-electron chi connectivity index (χ4n) is 4.16. The topological polar surface area (TPSA) is 80.3 Å². The smallest absolute Gasteiger partial charge is 0.321 e. The van der Waals surface area contributed by atoms with Crippen molar-refractivity contribution in [2.75, 3.05) is 59.9 Å². The fraction of sp³-hybridized carbons (Fsp3) is 0.600. The van der Waals surface area contributed by atoms with Gasteiger partial charge in [-0.3, -0.25) is 4.79 Å². The standard InChI is InChI=1S/C20H29N3O5/c1-22(2)18(24)15-12-23(13-20(15)7-9-28-10-8-20)19(25)21-16-6-5-14(26-3)11-17(16)27-4/h5-6,11,15H,7-10,12-13H2,1-4H3,(H,21,25). The molecule has 1 unspecified atom stereocenters. The lowest BCUT2D eigenvalue weighted by atomic mass is 9.71. The highest BCUT2D eigenvalue weighted by atomic mass is 16.5. The Hall–Kier alpha value is -2.48. The van der Waals surface area contributed by atoms with Gasteiger partial charge in [-0.15, -0.1) is 0 Å². The molecular weight excluding hydrogens is 362 g/mol. The molecule has 0 aliphatic carbocycles. The zero-order chi connectivity index (χ0) is 20.3. The lowest BCUT2D eigenvalue weighted by molar-refractivity contribution is -0.138. The number of carbonyl (C=O) groups excluding carboxylic acids is 2. The third-order valence-corrected chi connectivity index (χ3v) is 5.81. The van der Waals surface area contributed by atoms with E-state index in [-0.39, 0.29) is 23.3 Å². The van der Waals surface area contributed by atoms with Gasteiger partial charge in [0.1, 0.15) is 11.5 Å². The van der Waals surface area contributed by atoms with E-state index in [4.69, 9.17) is 14.2 Å². The van der Waals surface area contributed by atoms with Crippen molar-refractivity contribution in [3.8, 4) is 11.5 Å². The fourth-order valence-corrected chi connectivity index (χ4v) is 4.16. The summed E-state index contributed by atoms with van der Waals surface area (Å²) in [7, 11) is 6.65. The molecule has 2 fully saturated rings. The number of hydrogen-bond acceptors (Lipinski definition) is 5. The Morgan fingerprint density at radius 3 is 2.54 bits per heavy atom. The summed E-state index contributed by atoms with van der Waals surface area (Å²) in [5.41, 5.74) is 0.345. The maximum Gasteiger partial charge on any atom is 0.321 e. The molecular formula is C20H29N3O5. The third-order valence-electron chi connectivity index (χ3n) is 5.81. The minimum atomic E-state index is -0.233. The van der Waals surface area contributed by atoms with E-state index in [9.17, 15) is 9.59 Å². The van der Waals surface area contributed by atoms with Crippen LogP contribution in [0.5, 0.6) is 11.5 Å². The number of nitrogens with one attached hydrogen (secondary N) is 1. The minimum Gasteiger partial charge on any atom is -0.497 e. The first-order chi connectivity index (χ1) is 13.4. The molecule has 2 aliphatic heterocycles. The van der Waals surface area contributed by atoms with Crippen LogP contribution < -0.4 is 14.8 Å². The largest absolute Gasteiger partial charge is 0.497 e. The summed E-state index contributed by atoms with van der Waals surface area (Å²) in [6.07, 6.45) is 1.57. The maximum atomic E-state index is 13.0. The minimum absolute atomic E-state index is 0.0687. The monoisotopic (exact) mass is 391 g/mol. The number of methoxy groups -OCH3 is 2. The van der Waals surface area contributed by atoms with Crippen LogP contribution in [0.15, 0.2) is 18.2 Å². The van der Waals surface area contributed by atoms with E-state index in [0.717, 1.165) is 12.8 Å². The second kappa shape index (κ2) is 8.26. The van der Waals surface area contributed by atoms with Gasteiger partial charge in [0.05, 0.1) is 25.8 Å². The van der Waals surface area contributed by atoms with E-state index >= 15 is 0 Å². The molecule has 3 amide bonds. The highest BCUT2D eigenvalue weighted by Gasteiger charge is 2.52. The molecule has 1 aromatic carbocycles. The molecule has 2 saturated heterocycles. The second-order valence-electron chi connectivity index (χ2n) is 7.64. The molecule has 2 aliphatic rings. The van der Waals surface area contributed by atoms with Gasteiger partial charge in [0.15, 0.2) is 0 Å². The molecule has 1 atom stereocenters. The second-order valence-corrected chi connectivity index (χ2v) is 7.64. The Morgan fingerprint density at radius 1 is 1.21 bits per heavy atom. The SMILES string of the molecule is COc1ccc(NC(=O)N2CC(C(=O)N(C)C)C3(CCOCC3)C2)c(OC)c1. The van der Waals surface area contributed by atoms with Crippen molar-refractivity contribution in [3.63, 3.8) is 0 Å². The average Bonchev–Trinajstić information content (AvgIpc) is 3.06. The van der Waals surface area contributed by atoms with Crippen molar-refractivity contribution in [2.45, 2.75) is 12.8 Å². The zero-order valence-corrected chi connectivity index (χ0v) is 17.0. The van der Waals surface area contributed by atoms with E-state index in [1.54, 1.807) is 56.3 Å². The molecule has 154 valence electrons. The van der Waals surface area contributed by atoms with Crippen molar-refractivity contribution in [2.24, 2.45) is 11.3 Å². The Morgan fingerprint density at radius 2 is 1.93 bits per heavy atom. The first-order valence-electron chi connectivity index (χ1n) is 9.47. The molecule has 0 saturated carbocycles. The molecule has 3 rings (SSSR count). The summed E-state index contributed by atoms with van der Waals surface area (Å²) < 4.78 is 16.1. The number of likely N-dealkylation sites (tertiary alicyclic amines) is 1. The molecule has 0 bridgehead atoms. The highest BCUT2D eigenvalue weighted by Crippen LogP contribution is 2.45. The number of benzene rings is 1. The molecule has 0 aromatic heterocycles. The van der Waals surface area contributed by atoms with E-state index in [1.807, 2.05) is 0 Å². The average molecular weight is 391 g/mol. The molecule has 1 N–H and O–H groups in total. The van der Waals surface area contributed by atoms with Crippen LogP contribution in [0, 0.1) is 11.3 Å². The number of hydrogen-bond donors (Lipinski definition) is 1. The van der Waals surface area contributed by atoms with E-state index in [1.165, 1.54) is 0 Å². The van der Waals surface area contributed by atoms with Gasteiger partial charge in [-0.05, 0) is 25.0 Å². The van der Waals surface area contributed by atoms with E-state index in [2.05, 4.69) is 5.32 Å². The van der Waals surface area contributed by atoms with Crippen molar-refractivity contribution in [1.29, 1.82) is 0 Å². The quantitative estimate of drug-likeness (QED) is 0.850. The Kier molecular flexibility index (Phi) is 5.98. The van der Waals surface area contributed by atoms with Crippen LogP contribution in [-0.2, 0) is 9.53 Å². The number of rotatable bonds is 4. The zero-order valence-electron chi connectivity index (χ0n) is 17.0. The number of anilines is 1. The van der Waals surface area contributed by atoms with Crippen LogP contribution in [0.3, 0.4) is 0 Å². The normalized spacial score (nSPS) is 20.7. The molecule has 1 spiro atoms. The highest BCUT2D eigenvalue weighted by molar-refractivity contribution is 5.92. The van der Waals surface area contributed by atoms with Gasteiger partial charge in [-0.1, -0.05) is 0 Å². The number of ether oxygens (including phenoxy) is 3. The van der Waals surface area contributed by atoms with Gasteiger partial charge in [0, 0.05) is 51.9 Å². The third kappa shape index (κ3) is 3.87. The summed E-state index contributed by atoms with van der Waals surface area (Å²) in [4.78, 5) is 29.1. The van der Waals surface area contributed by atoms with E-state index < -0.39 is 0 Å². The van der Waals surface area contributed by atoms with Crippen LogP contribution in [0.1, 0.15) is 12.8 Å². The van der Waals surface area contributed by atoms with Crippen molar-refractivity contribution < 1.29 is 23.8 Å². The van der Waals surface area contributed by atoms with Crippen LogP contribution >= 0.6 is 0 Å². The molecule has 0 radical (unpaired) electrons. The predicted molar refractivity (Wildman–Crippen MR) is 105 cm³/mol. The van der Waals surface area contributed by atoms with Gasteiger partial charge in [-0.2, -0.15) is 0 Å². The lowest BCUT2D eigenvalue weighted by Gasteiger charge is -2.37. The predicted octanol–water partition coefficient (Wildman–Crippen LogP) is 2.05. The molecule has 8 nitrogen and oxygen atoms in total. The number of carbonyl (C=O) groups is 2. The summed E-state index contributed by atoms with van der Waals surface area (Å²) >= 11 is 0. The summed E-state index contributed by atoms with van der Waals surface area (Å²) in [5, 5.41) is 2.92. The summed E-state index contributed by atoms with van der Waals surface area (Å²) in [6.45, 7) is 2.20. The van der Waals surface area contributed by atoms with Gasteiger partial charge in [0.25, 0.3) is 0 Å². The summed E-state index contributed by atoms with van der Waals surface area (Å²) in [6, 6.07) is 5.00. The molecule has 8 heteroatoms. The van der Waals surface area contributed by atoms with Crippen molar-refractivity contribution in [3.05, 3.63) is 18.2 Å². The number of urea groups is 1. The Balaban J connectivity index is 1.78. The summed E-state index contributed by atoms with van der Waals surface area (Å²) in [5.74, 6) is 1.02. The van der Waals surface area contributed by atoms with Gasteiger partial charge in [0.2, 0.25) is 5.91 Å². The number of amides is 3. The molecule has 2 heterocycles.